The number of benzene rings is 3. The van der Waals surface area contributed by atoms with Gasteiger partial charge < -0.3 is 0 Å². The summed E-state index contributed by atoms with van der Waals surface area (Å²) in [5.74, 6) is 6.54. The molecule has 1 unspecified atom stereocenters. The molecule has 0 spiro atoms. The zero-order valence-electron chi connectivity index (χ0n) is 14.6. The van der Waals surface area contributed by atoms with E-state index in [1.807, 2.05) is 6.92 Å². The first-order chi connectivity index (χ1) is 12.4. The summed E-state index contributed by atoms with van der Waals surface area (Å²) in [6, 6.07) is 31.9. The Morgan fingerprint density at radius 3 is 1.56 bits per heavy atom. The minimum atomic E-state index is 0.0756. The van der Waals surface area contributed by atoms with Crippen LogP contribution < -0.4 is 0 Å². The Morgan fingerprint density at radius 2 is 1.12 bits per heavy atom. The Hall–Kier alpha value is -2.82. The van der Waals surface area contributed by atoms with Gasteiger partial charge in [-0.25, -0.2) is 0 Å². The van der Waals surface area contributed by atoms with E-state index in [1.165, 1.54) is 16.7 Å². The second-order valence-electron chi connectivity index (χ2n) is 6.08. The van der Waals surface area contributed by atoms with Crippen LogP contribution >= 0.6 is 0 Å². The van der Waals surface area contributed by atoms with Gasteiger partial charge in [-0.3, -0.25) is 4.90 Å². The molecule has 0 aliphatic carbocycles. The molecule has 25 heavy (non-hydrogen) atoms. The van der Waals surface area contributed by atoms with Gasteiger partial charge in [-0.05, 0) is 23.6 Å². The lowest BCUT2D eigenvalue weighted by atomic mass is 10.0. The van der Waals surface area contributed by atoms with Gasteiger partial charge in [-0.2, -0.15) is 0 Å². The molecule has 3 aromatic rings. The van der Waals surface area contributed by atoms with Crippen LogP contribution in [0.4, 0.5) is 0 Å². The molecule has 3 aromatic carbocycles. The molecule has 0 saturated heterocycles. The molecule has 0 N–H and O–H groups in total. The molecule has 0 saturated carbocycles. The summed E-state index contributed by atoms with van der Waals surface area (Å²) >= 11 is 0. The van der Waals surface area contributed by atoms with Crippen molar-refractivity contribution in [2.75, 3.05) is 0 Å². The zero-order valence-corrected chi connectivity index (χ0v) is 14.6. The number of nitrogens with zero attached hydrogens (tertiary/aromatic N) is 1. The number of hydrogen-bond donors (Lipinski definition) is 0. The average Bonchev–Trinajstić information content (AvgIpc) is 2.68. The second-order valence-corrected chi connectivity index (χ2v) is 6.08. The highest BCUT2D eigenvalue weighted by Crippen LogP contribution is 2.24. The van der Waals surface area contributed by atoms with Gasteiger partial charge in [0.25, 0.3) is 0 Å². The predicted octanol–water partition coefficient (Wildman–Crippen LogP) is 5.45. The van der Waals surface area contributed by atoms with E-state index in [0.29, 0.717) is 0 Å². The topological polar surface area (TPSA) is 3.24 Å². The van der Waals surface area contributed by atoms with Crippen LogP contribution in [0.5, 0.6) is 0 Å². The van der Waals surface area contributed by atoms with Gasteiger partial charge in [0, 0.05) is 13.1 Å². The highest BCUT2D eigenvalue weighted by molar-refractivity contribution is 5.28. The summed E-state index contributed by atoms with van der Waals surface area (Å²) in [5, 5.41) is 0. The number of hydrogen-bond acceptors (Lipinski definition) is 1. The van der Waals surface area contributed by atoms with Gasteiger partial charge in [0.05, 0.1) is 6.04 Å². The Balaban J connectivity index is 1.93. The zero-order chi connectivity index (χ0) is 17.3. The quantitative estimate of drug-likeness (QED) is 0.544. The maximum Gasteiger partial charge on any atom is 0.0976 e. The summed E-state index contributed by atoms with van der Waals surface area (Å²) in [4.78, 5) is 2.44. The van der Waals surface area contributed by atoms with Gasteiger partial charge in [0.2, 0.25) is 0 Å². The molecule has 0 heterocycles. The standard InChI is InChI=1S/C24H23N/c1-2-12-24(23-17-10-5-11-18-23)25(19-21-13-6-3-7-14-21)20-22-15-8-4-9-16-22/h3-11,13-18,24H,19-20H2,1H3. The summed E-state index contributed by atoms with van der Waals surface area (Å²) in [7, 11) is 0. The van der Waals surface area contributed by atoms with Crippen molar-refractivity contribution in [3.63, 3.8) is 0 Å². The molecule has 0 fully saturated rings. The lowest BCUT2D eigenvalue weighted by Crippen LogP contribution is -2.27. The first-order valence-corrected chi connectivity index (χ1v) is 8.66. The highest BCUT2D eigenvalue weighted by atomic mass is 15.1. The van der Waals surface area contributed by atoms with Gasteiger partial charge in [0.15, 0.2) is 0 Å². The Kier molecular flexibility index (Phi) is 6.04. The first kappa shape index (κ1) is 17.0. The van der Waals surface area contributed by atoms with Crippen LogP contribution in [0.25, 0.3) is 0 Å². The SMILES string of the molecule is CC#CC(c1ccccc1)N(Cc1ccccc1)Cc1ccccc1. The van der Waals surface area contributed by atoms with Crippen LogP contribution in [-0.4, -0.2) is 4.90 Å². The molecule has 1 atom stereocenters. The molecule has 0 bridgehead atoms. The Labute approximate surface area is 150 Å². The molecule has 0 radical (unpaired) electrons. The molecule has 1 heteroatoms. The molecule has 1 nitrogen and oxygen atoms in total. The monoisotopic (exact) mass is 325 g/mol. The highest BCUT2D eigenvalue weighted by Gasteiger charge is 2.19. The van der Waals surface area contributed by atoms with Crippen LogP contribution in [0, 0.1) is 11.8 Å². The van der Waals surface area contributed by atoms with Gasteiger partial charge in [-0.15, -0.1) is 5.92 Å². The maximum absolute atomic E-state index is 3.42. The van der Waals surface area contributed by atoms with Crippen LogP contribution in [0.15, 0.2) is 91.0 Å². The molecule has 0 aromatic heterocycles. The van der Waals surface area contributed by atoms with Crippen LogP contribution in [0.2, 0.25) is 0 Å². The van der Waals surface area contributed by atoms with Gasteiger partial charge >= 0.3 is 0 Å². The summed E-state index contributed by atoms with van der Waals surface area (Å²) in [6.45, 7) is 3.65. The van der Waals surface area contributed by atoms with E-state index in [9.17, 15) is 0 Å². The minimum Gasteiger partial charge on any atom is -0.277 e. The molecule has 124 valence electrons. The van der Waals surface area contributed by atoms with Crippen molar-refractivity contribution in [3.05, 3.63) is 108 Å². The molecule has 0 aliphatic heterocycles. The third-order valence-electron chi connectivity index (χ3n) is 4.22. The van der Waals surface area contributed by atoms with E-state index < -0.39 is 0 Å². The largest absolute Gasteiger partial charge is 0.277 e. The fourth-order valence-corrected chi connectivity index (χ4v) is 3.03. The third kappa shape index (κ3) is 4.83. The molecule has 0 amide bonds. The molecular formula is C24H23N. The average molecular weight is 325 g/mol. The summed E-state index contributed by atoms with van der Waals surface area (Å²) < 4.78 is 0. The van der Waals surface area contributed by atoms with Crippen molar-refractivity contribution >= 4 is 0 Å². The van der Waals surface area contributed by atoms with Crippen molar-refractivity contribution in [2.24, 2.45) is 0 Å². The Bertz CT molecular complexity index is 772. The number of rotatable bonds is 6. The molecule has 0 aliphatic rings. The normalized spacial score (nSPS) is 11.6. The second kappa shape index (κ2) is 8.87. The van der Waals surface area contributed by atoms with Crippen molar-refractivity contribution < 1.29 is 0 Å². The smallest absolute Gasteiger partial charge is 0.0976 e. The van der Waals surface area contributed by atoms with Gasteiger partial charge in [0.1, 0.15) is 0 Å². The molecule has 3 rings (SSSR count). The fourth-order valence-electron chi connectivity index (χ4n) is 3.03. The van der Waals surface area contributed by atoms with E-state index in [4.69, 9.17) is 0 Å². The lowest BCUT2D eigenvalue weighted by Gasteiger charge is -2.29. The minimum absolute atomic E-state index is 0.0756. The van der Waals surface area contributed by atoms with E-state index in [2.05, 4.69) is 108 Å². The van der Waals surface area contributed by atoms with Gasteiger partial charge in [-0.1, -0.05) is 96.9 Å². The van der Waals surface area contributed by atoms with E-state index >= 15 is 0 Å². The van der Waals surface area contributed by atoms with Crippen LogP contribution in [-0.2, 0) is 13.1 Å². The third-order valence-corrected chi connectivity index (χ3v) is 4.22. The van der Waals surface area contributed by atoms with E-state index in [0.717, 1.165) is 13.1 Å². The van der Waals surface area contributed by atoms with Crippen molar-refractivity contribution in [3.8, 4) is 11.8 Å². The van der Waals surface area contributed by atoms with Crippen LogP contribution in [0.3, 0.4) is 0 Å². The Morgan fingerprint density at radius 1 is 0.680 bits per heavy atom. The fraction of sp³-hybridized carbons (Fsp3) is 0.167. The molecular weight excluding hydrogens is 302 g/mol. The van der Waals surface area contributed by atoms with Crippen molar-refractivity contribution in [1.82, 2.24) is 4.90 Å². The summed E-state index contributed by atoms with van der Waals surface area (Å²) in [6.07, 6.45) is 0. The predicted molar refractivity (Wildman–Crippen MR) is 105 cm³/mol. The summed E-state index contributed by atoms with van der Waals surface area (Å²) in [5.41, 5.74) is 3.85. The van der Waals surface area contributed by atoms with E-state index in [1.54, 1.807) is 0 Å². The maximum atomic E-state index is 3.42. The van der Waals surface area contributed by atoms with Crippen molar-refractivity contribution in [2.45, 2.75) is 26.1 Å². The van der Waals surface area contributed by atoms with Crippen molar-refractivity contribution in [1.29, 1.82) is 0 Å². The first-order valence-electron chi connectivity index (χ1n) is 8.66. The lowest BCUT2D eigenvalue weighted by molar-refractivity contribution is 0.219. The van der Waals surface area contributed by atoms with Crippen LogP contribution in [0.1, 0.15) is 29.7 Å². The van der Waals surface area contributed by atoms with E-state index in [-0.39, 0.29) is 6.04 Å².